The van der Waals surface area contributed by atoms with Crippen molar-refractivity contribution < 1.29 is 14.6 Å². The van der Waals surface area contributed by atoms with Gasteiger partial charge in [-0.2, -0.15) is 0 Å². The fraction of sp³-hybridized carbons (Fsp3) is 0.455. The van der Waals surface area contributed by atoms with Crippen LogP contribution in [0.1, 0.15) is 25.1 Å². The minimum absolute atomic E-state index is 0.195. The van der Waals surface area contributed by atoms with Crippen LogP contribution in [0.25, 0.3) is 0 Å². The molecule has 10 heteroatoms. The van der Waals surface area contributed by atoms with E-state index in [0.717, 1.165) is 5.56 Å². The van der Waals surface area contributed by atoms with Crippen molar-refractivity contribution in [2.24, 2.45) is 4.99 Å². The van der Waals surface area contributed by atoms with Crippen LogP contribution in [0.2, 0.25) is 5.02 Å². The molecule has 0 radical (unpaired) electrons. The molecular formula is C22H25ClN6O3. The van der Waals surface area contributed by atoms with Gasteiger partial charge in [-0.05, 0) is 31.5 Å². The van der Waals surface area contributed by atoms with E-state index in [1.165, 1.54) is 0 Å². The lowest BCUT2D eigenvalue weighted by molar-refractivity contribution is 0.0531. The van der Waals surface area contributed by atoms with Gasteiger partial charge in [0.1, 0.15) is 0 Å². The third-order valence-electron chi connectivity index (χ3n) is 6.02. The van der Waals surface area contributed by atoms with Gasteiger partial charge in [0.05, 0.1) is 43.6 Å². The van der Waals surface area contributed by atoms with Crippen molar-refractivity contribution in [3.63, 3.8) is 0 Å². The molecule has 0 bridgehead atoms. The number of rotatable bonds is 4. The Morgan fingerprint density at radius 2 is 1.91 bits per heavy atom. The van der Waals surface area contributed by atoms with E-state index in [4.69, 9.17) is 16.3 Å². The number of anilines is 2. The van der Waals surface area contributed by atoms with Crippen LogP contribution < -0.4 is 9.80 Å². The zero-order chi connectivity index (χ0) is 22.5. The topological polar surface area (TPSA) is 94.4 Å². The van der Waals surface area contributed by atoms with E-state index >= 15 is 0 Å². The molecule has 5 rings (SSSR count). The first-order valence-corrected chi connectivity index (χ1v) is 11.0. The molecule has 1 aromatic heterocycles. The Morgan fingerprint density at radius 3 is 2.59 bits per heavy atom. The molecule has 0 saturated carbocycles. The number of fused-ring (bicyclic) bond motifs is 3. The molecule has 1 N–H and O–H groups in total. The number of nitrogens with zero attached hydrogens (tertiary/aromatic N) is 6. The third-order valence-corrected chi connectivity index (χ3v) is 6.27. The first-order chi connectivity index (χ1) is 15.3. The highest BCUT2D eigenvalue weighted by Crippen LogP contribution is 2.35. The van der Waals surface area contributed by atoms with E-state index in [1.807, 2.05) is 30.3 Å². The largest absolute Gasteiger partial charge is 0.388 e. The first kappa shape index (κ1) is 21.1. The Hall–Kier alpha value is -2.75. The summed E-state index contributed by atoms with van der Waals surface area (Å²) in [6, 6.07) is 8.69. The molecule has 9 nitrogen and oxygen atoms in total. The van der Waals surface area contributed by atoms with Gasteiger partial charge in [-0.15, -0.1) is 10.2 Å². The Bertz CT molecular complexity index is 1060. The summed E-state index contributed by atoms with van der Waals surface area (Å²) in [7, 11) is 0. The van der Waals surface area contributed by atoms with E-state index in [0.29, 0.717) is 67.5 Å². The molecular weight excluding hydrogens is 432 g/mol. The molecule has 3 aliphatic rings. The van der Waals surface area contributed by atoms with Crippen molar-refractivity contribution in [1.29, 1.82) is 0 Å². The number of amidine groups is 1. The molecule has 0 spiro atoms. The van der Waals surface area contributed by atoms with Gasteiger partial charge in [0.2, 0.25) is 0 Å². The van der Waals surface area contributed by atoms with E-state index < -0.39 is 11.6 Å². The summed E-state index contributed by atoms with van der Waals surface area (Å²) in [5.74, 6) is 1.16. The van der Waals surface area contributed by atoms with Gasteiger partial charge in [-0.1, -0.05) is 23.7 Å². The number of carbonyl (C=O) groups excluding carboxylic acids is 1. The van der Waals surface area contributed by atoms with Crippen LogP contribution in [0.15, 0.2) is 35.3 Å². The lowest BCUT2D eigenvalue weighted by atomic mass is 10.0. The molecule has 4 heterocycles. The van der Waals surface area contributed by atoms with Gasteiger partial charge in [0, 0.05) is 24.2 Å². The van der Waals surface area contributed by atoms with Crippen LogP contribution in [0.3, 0.4) is 0 Å². The highest BCUT2D eigenvalue weighted by Gasteiger charge is 2.45. The molecule has 32 heavy (non-hydrogen) atoms. The average Bonchev–Trinajstić information content (AvgIpc) is 3.25. The number of ether oxygens (including phenoxy) is 1. The number of amides is 2. The van der Waals surface area contributed by atoms with Gasteiger partial charge in [0.25, 0.3) is 0 Å². The smallest absolute Gasteiger partial charge is 0.330 e. The number of hydrogen-bond donors (Lipinski definition) is 1. The Morgan fingerprint density at radius 1 is 1.19 bits per heavy atom. The average molecular weight is 457 g/mol. The predicted molar refractivity (Wildman–Crippen MR) is 121 cm³/mol. The summed E-state index contributed by atoms with van der Waals surface area (Å²) in [5.41, 5.74) is 1.08. The molecule has 2 amide bonds. The van der Waals surface area contributed by atoms with Crippen LogP contribution in [0, 0.1) is 0 Å². The molecule has 168 valence electrons. The molecule has 1 saturated heterocycles. The zero-order valence-electron chi connectivity index (χ0n) is 18.0. The van der Waals surface area contributed by atoms with Crippen LogP contribution in [0.4, 0.5) is 16.3 Å². The van der Waals surface area contributed by atoms with Crippen LogP contribution in [-0.4, -0.2) is 76.6 Å². The van der Waals surface area contributed by atoms with E-state index in [2.05, 4.69) is 20.1 Å². The van der Waals surface area contributed by atoms with Gasteiger partial charge in [0.15, 0.2) is 17.3 Å². The predicted octanol–water partition coefficient (Wildman–Crippen LogP) is 2.31. The quantitative estimate of drug-likeness (QED) is 0.758. The Balaban J connectivity index is 1.57. The summed E-state index contributed by atoms with van der Waals surface area (Å²) >= 11 is 6.04. The number of aliphatic hydroxyl groups is 1. The maximum absolute atomic E-state index is 13.6. The first-order valence-electron chi connectivity index (χ1n) is 10.7. The number of aliphatic imine (C=N–C) groups is 1. The molecule has 1 aromatic carbocycles. The number of hydrogen-bond acceptors (Lipinski definition) is 7. The maximum atomic E-state index is 13.6. The van der Waals surface area contributed by atoms with E-state index in [9.17, 15) is 9.90 Å². The molecule has 1 atom stereocenters. The van der Waals surface area contributed by atoms with Crippen LogP contribution in [-0.2, 0) is 11.3 Å². The van der Waals surface area contributed by atoms with Crippen molar-refractivity contribution >= 4 is 35.0 Å². The number of carbonyl (C=O) groups is 1. The zero-order valence-corrected chi connectivity index (χ0v) is 18.8. The normalized spacial score (nSPS) is 20.9. The second-order valence-corrected chi connectivity index (χ2v) is 9.20. The molecule has 3 aliphatic heterocycles. The lowest BCUT2D eigenvalue weighted by Gasteiger charge is -2.36. The summed E-state index contributed by atoms with van der Waals surface area (Å²) in [5, 5.41) is 20.1. The fourth-order valence-electron chi connectivity index (χ4n) is 4.11. The summed E-state index contributed by atoms with van der Waals surface area (Å²) in [6.45, 7) is 6.72. The number of urea groups is 1. The van der Waals surface area contributed by atoms with Gasteiger partial charge < -0.3 is 14.7 Å². The monoisotopic (exact) mass is 456 g/mol. The fourth-order valence-corrected chi connectivity index (χ4v) is 4.24. The lowest BCUT2D eigenvalue weighted by Crippen LogP contribution is -2.51. The summed E-state index contributed by atoms with van der Waals surface area (Å²) in [6.07, 6.45) is 0. The summed E-state index contributed by atoms with van der Waals surface area (Å²) in [4.78, 5) is 23.6. The van der Waals surface area contributed by atoms with Crippen molar-refractivity contribution in [3.05, 3.63) is 46.6 Å². The van der Waals surface area contributed by atoms with Crippen molar-refractivity contribution in [2.45, 2.75) is 32.0 Å². The minimum atomic E-state index is -1.06. The molecule has 1 fully saturated rings. The van der Waals surface area contributed by atoms with Gasteiger partial charge in [-0.25, -0.2) is 4.79 Å². The second kappa shape index (κ2) is 7.99. The molecule has 2 aromatic rings. The minimum Gasteiger partial charge on any atom is -0.388 e. The number of aromatic nitrogens is 2. The van der Waals surface area contributed by atoms with Crippen molar-refractivity contribution in [3.8, 4) is 0 Å². The van der Waals surface area contributed by atoms with Crippen molar-refractivity contribution in [2.75, 3.05) is 42.6 Å². The van der Waals surface area contributed by atoms with Gasteiger partial charge >= 0.3 is 6.03 Å². The standard InChI is InChI=1S/C22H25ClN6O3/c1-22(2,31)17-13-29-20(24-17)19-16(11-18(25-26-19)27-7-9-32-10-8-27)28(21(29)30)12-14-3-5-15(23)6-4-14/h3-6,11,17,31H,7-10,12-13H2,1-2H3. The van der Waals surface area contributed by atoms with Gasteiger partial charge in [-0.3, -0.25) is 14.8 Å². The number of benzene rings is 1. The second-order valence-electron chi connectivity index (χ2n) is 8.76. The van der Waals surface area contributed by atoms with Crippen molar-refractivity contribution in [1.82, 2.24) is 15.1 Å². The molecule has 0 aliphatic carbocycles. The van der Waals surface area contributed by atoms with Crippen LogP contribution >= 0.6 is 11.6 Å². The third kappa shape index (κ3) is 3.80. The highest BCUT2D eigenvalue weighted by molar-refractivity contribution is 6.30. The van der Waals surface area contributed by atoms with E-state index in [1.54, 1.807) is 23.6 Å². The highest BCUT2D eigenvalue weighted by atomic mass is 35.5. The van der Waals surface area contributed by atoms with E-state index in [-0.39, 0.29) is 6.03 Å². The Kier molecular flexibility index (Phi) is 5.27. The number of morpholine rings is 1. The SMILES string of the molecule is CC(C)(O)C1CN2C(=O)N(Cc3ccc(Cl)cc3)c3cc(N4CCOCC4)nnc3C2=N1. The maximum Gasteiger partial charge on any atom is 0.330 e. The number of halogens is 1. The van der Waals surface area contributed by atoms with Crippen LogP contribution in [0.5, 0.6) is 0 Å². The Labute approximate surface area is 191 Å². The molecule has 1 unspecified atom stereocenters. The summed E-state index contributed by atoms with van der Waals surface area (Å²) < 4.78 is 5.45.